The zero-order valence-electron chi connectivity index (χ0n) is 10.4. The van der Waals surface area contributed by atoms with Gasteiger partial charge in [-0.2, -0.15) is 0 Å². The Morgan fingerprint density at radius 1 is 1.50 bits per heavy atom. The van der Waals surface area contributed by atoms with Gasteiger partial charge in [0, 0.05) is 16.3 Å². The lowest BCUT2D eigenvalue weighted by Gasteiger charge is -2.19. The minimum atomic E-state index is -3.44. The van der Waals surface area contributed by atoms with Gasteiger partial charge in [-0.3, -0.25) is 0 Å². The summed E-state index contributed by atoms with van der Waals surface area (Å²) in [7, 11) is -3.44. The first kappa shape index (κ1) is 14.0. The molecule has 1 aromatic heterocycles. The van der Waals surface area contributed by atoms with Crippen LogP contribution in [0.1, 0.15) is 37.5 Å². The summed E-state index contributed by atoms with van der Waals surface area (Å²) in [4.78, 5) is 0.935. The van der Waals surface area contributed by atoms with Crippen molar-refractivity contribution in [2.75, 3.05) is 0 Å². The molecule has 0 radical (unpaired) electrons. The van der Waals surface area contributed by atoms with E-state index in [4.69, 9.17) is 5.11 Å². The molecule has 0 spiro atoms. The molecule has 1 saturated carbocycles. The Labute approximate surface area is 112 Å². The van der Waals surface area contributed by atoms with Crippen molar-refractivity contribution < 1.29 is 13.5 Å². The Bertz CT molecular complexity index is 489. The molecule has 1 atom stereocenters. The van der Waals surface area contributed by atoms with Gasteiger partial charge < -0.3 is 5.11 Å². The molecule has 0 saturated heterocycles. The lowest BCUT2D eigenvalue weighted by Crippen LogP contribution is -2.36. The summed E-state index contributed by atoms with van der Waals surface area (Å²) < 4.78 is 27.0. The summed E-state index contributed by atoms with van der Waals surface area (Å²) in [6, 6.07) is 1.52. The van der Waals surface area contributed by atoms with E-state index >= 15 is 0 Å². The van der Waals surface area contributed by atoms with Gasteiger partial charge in [-0.1, -0.05) is 12.8 Å². The highest BCUT2D eigenvalue weighted by Crippen LogP contribution is 2.28. The number of thiophene rings is 1. The summed E-state index contributed by atoms with van der Waals surface area (Å²) in [5.74, 6) is 0.454. The predicted molar refractivity (Wildman–Crippen MR) is 72.0 cm³/mol. The molecule has 2 N–H and O–H groups in total. The van der Waals surface area contributed by atoms with E-state index in [1.54, 1.807) is 5.38 Å². The number of hydrogen-bond acceptors (Lipinski definition) is 4. The van der Waals surface area contributed by atoms with Crippen LogP contribution in [-0.4, -0.2) is 19.6 Å². The van der Waals surface area contributed by atoms with E-state index in [-0.39, 0.29) is 17.5 Å². The van der Waals surface area contributed by atoms with Crippen molar-refractivity contribution in [1.29, 1.82) is 0 Å². The zero-order valence-corrected chi connectivity index (χ0v) is 12.1. The Morgan fingerprint density at radius 3 is 2.72 bits per heavy atom. The average molecular weight is 289 g/mol. The van der Waals surface area contributed by atoms with E-state index in [9.17, 15) is 8.42 Å². The third kappa shape index (κ3) is 3.12. The molecule has 1 unspecified atom stereocenters. The standard InChI is InChI=1S/C12H19NO3S2/c1-9(10-4-2-3-5-10)13-18(15,16)12-6-11(7-14)17-8-12/h6,8-10,13-14H,2-5,7H2,1H3. The Kier molecular flexibility index (Phi) is 4.42. The highest BCUT2D eigenvalue weighted by atomic mass is 32.2. The van der Waals surface area contributed by atoms with Gasteiger partial charge in [0.2, 0.25) is 10.0 Å². The molecule has 6 heteroatoms. The van der Waals surface area contributed by atoms with Crippen molar-refractivity contribution in [2.45, 2.75) is 50.2 Å². The minimum Gasteiger partial charge on any atom is -0.391 e. The van der Waals surface area contributed by atoms with Crippen LogP contribution in [-0.2, 0) is 16.6 Å². The fourth-order valence-electron chi connectivity index (χ4n) is 2.45. The second kappa shape index (κ2) is 5.69. The van der Waals surface area contributed by atoms with Crippen LogP contribution >= 0.6 is 11.3 Å². The molecule has 1 aliphatic carbocycles. The maximum absolute atomic E-state index is 12.1. The predicted octanol–water partition coefficient (Wildman–Crippen LogP) is 2.10. The van der Waals surface area contributed by atoms with Gasteiger partial charge in [-0.25, -0.2) is 13.1 Å². The van der Waals surface area contributed by atoms with Gasteiger partial charge >= 0.3 is 0 Å². The molecule has 2 rings (SSSR count). The quantitative estimate of drug-likeness (QED) is 0.872. The van der Waals surface area contributed by atoms with E-state index in [0.717, 1.165) is 12.8 Å². The highest BCUT2D eigenvalue weighted by Gasteiger charge is 2.26. The molecule has 0 amide bonds. The maximum atomic E-state index is 12.1. The molecular formula is C12H19NO3S2. The van der Waals surface area contributed by atoms with Gasteiger partial charge in [-0.15, -0.1) is 11.3 Å². The molecule has 1 aromatic rings. The molecule has 0 aromatic carbocycles. The van der Waals surface area contributed by atoms with Crippen molar-refractivity contribution in [3.05, 3.63) is 16.3 Å². The SMILES string of the molecule is CC(NS(=O)(=O)c1csc(CO)c1)C1CCCC1. The number of sulfonamides is 1. The van der Waals surface area contributed by atoms with Crippen LogP contribution in [0.4, 0.5) is 0 Å². The smallest absolute Gasteiger partial charge is 0.241 e. The van der Waals surface area contributed by atoms with Crippen LogP contribution in [0.3, 0.4) is 0 Å². The van der Waals surface area contributed by atoms with Crippen LogP contribution in [0.2, 0.25) is 0 Å². The second-order valence-corrected chi connectivity index (χ2v) is 7.57. The number of nitrogens with one attached hydrogen (secondary N) is 1. The number of aliphatic hydroxyl groups excluding tert-OH is 1. The van der Waals surface area contributed by atoms with E-state index in [0.29, 0.717) is 10.8 Å². The summed E-state index contributed by atoms with van der Waals surface area (Å²) in [6.07, 6.45) is 4.61. The summed E-state index contributed by atoms with van der Waals surface area (Å²) in [5, 5.41) is 10.5. The fourth-order valence-corrected chi connectivity index (χ4v) is 4.90. The largest absolute Gasteiger partial charge is 0.391 e. The fraction of sp³-hybridized carbons (Fsp3) is 0.667. The first-order valence-electron chi connectivity index (χ1n) is 6.23. The van der Waals surface area contributed by atoms with Crippen LogP contribution in [0.25, 0.3) is 0 Å². The summed E-state index contributed by atoms with van der Waals surface area (Å²) in [6.45, 7) is 1.82. The molecule has 0 bridgehead atoms. The van der Waals surface area contributed by atoms with Gasteiger partial charge in [0.15, 0.2) is 0 Å². The lowest BCUT2D eigenvalue weighted by atomic mass is 10.0. The minimum absolute atomic E-state index is 0.0185. The molecule has 0 aliphatic heterocycles. The van der Waals surface area contributed by atoms with Gasteiger partial charge in [-0.05, 0) is 31.7 Å². The molecular weight excluding hydrogens is 270 g/mol. The van der Waals surface area contributed by atoms with Crippen molar-refractivity contribution >= 4 is 21.4 Å². The third-order valence-electron chi connectivity index (χ3n) is 3.54. The molecule has 102 valence electrons. The topological polar surface area (TPSA) is 66.4 Å². The van der Waals surface area contributed by atoms with E-state index in [1.165, 1.54) is 30.2 Å². The first-order valence-corrected chi connectivity index (χ1v) is 8.60. The van der Waals surface area contributed by atoms with Crippen LogP contribution < -0.4 is 4.72 Å². The van der Waals surface area contributed by atoms with Gasteiger partial charge in [0.1, 0.15) is 0 Å². The van der Waals surface area contributed by atoms with Gasteiger partial charge in [0.25, 0.3) is 0 Å². The molecule has 4 nitrogen and oxygen atoms in total. The normalized spacial score (nSPS) is 19.2. The Balaban J connectivity index is 2.06. The highest BCUT2D eigenvalue weighted by molar-refractivity contribution is 7.89. The monoisotopic (exact) mass is 289 g/mol. The molecule has 1 heterocycles. The van der Waals surface area contributed by atoms with E-state index in [1.807, 2.05) is 6.92 Å². The Morgan fingerprint density at radius 2 is 2.17 bits per heavy atom. The van der Waals surface area contributed by atoms with Gasteiger partial charge in [0.05, 0.1) is 11.5 Å². The van der Waals surface area contributed by atoms with E-state index in [2.05, 4.69) is 4.72 Å². The number of aliphatic hydroxyl groups is 1. The van der Waals surface area contributed by atoms with Crippen LogP contribution in [0.15, 0.2) is 16.3 Å². The van der Waals surface area contributed by atoms with Crippen molar-refractivity contribution in [1.82, 2.24) is 4.72 Å². The van der Waals surface area contributed by atoms with Crippen LogP contribution in [0, 0.1) is 5.92 Å². The summed E-state index contributed by atoms with van der Waals surface area (Å²) >= 11 is 1.27. The van der Waals surface area contributed by atoms with Crippen molar-refractivity contribution in [3.8, 4) is 0 Å². The Hall–Kier alpha value is -0.430. The maximum Gasteiger partial charge on any atom is 0.241 e. The van der Waals surface area contributed by atoms with E-state index < -0.39 is 10.0 Å². The average Bonchev–Trinajstić information content (AvgIpc) is 3.00. The first-order chi connectivity index (χ1) is 8.53. The number of hydrogen-bond donors (Lipinski definition) is 2. The molecule has 1 fully saturated rings. The second-order valence-electron chi connectivity index (χ2n) is 4.86. The van der Waals surface area contributed by atoms with Crippen LogP contribution in [0.5, 0.6) is 0 Å². The lowest BCUT2D eigenvalue weighted by molar-refractivity contribution is 0.285. The number of rotatable bonds is 5. The van der Waals surface area contributed by atoms with Crippen molar-refractivity contribution in [2.24, 2.45) is 5.92 Å². The molecule has 1 aliphatic rings. The third-order valence-corrected chi connectivity index (χ3v) is 6.15. The zero-order chi connectivity index (χ0) is 13.2. The molecule has 18 heavy (non-hydrogen) atoms. The summed E-state index contributed by atoms with van der Waals surface area (Å²) in [5.41, 5.74) is 0. The van der Waals surface area contributed by atoms with Crippen molar-refractivity contribution in [3.63, 3.8) is 0 Å².